The molecule has 0 atom stereocenters. The summed E-state index contributed by atoms with van der Waals surface area (Å²) >= 11 is 3.73. The predicted molar refractivity (Wildman–Crippen MR) is 82.7 cm³/mol. The Labute approximate surface area is 122 Å². The van der Waals surface area contributed by atoms with Crippen LogP contribution in [0.2, 0.25) is 0 Å². The monoisotopic (exact) mass is 346 g/mol. The molecule has 1 aromatic rings. The Hall–Kier alpha value is -0.520. The third kappa shape index (κ3) is 3.52. The van der Waals surface area contributed by atoms with E-state index in [2.05, 4.69) is 14.8 Å². The molecule has 0 spiro atoms. The van der Waals surface area contributed by atoms with Crippen LogP contribution in [0.3, 0.4) is 0 Å². The van der Waals surface area contributed by atoms with E-state index in [9.17, 15) is 9.90 Å². The highest BCUT2D eigenvalue weighted by molar-refractivity contribution is 9.58. The van der Waals surface area contributed by atoms with Crippen molar-refractivity contribution in [1.29, 1.82) is 0 Å². The fraction of sp³-hybridized carbons (Fsp3) is 0.500. The molecule has 5 heteroatoms. The van der Waals surface area contributed by atoms with Gasteiger partial charge in [0.2, 0.25) is 0 Å². The van der Waals surface area contributed by atoms with Crippen LogP contribution in [0, 0.1) is 0 Å². The summed E-state index contributed by atoms with van der Waals surface area (Å²) in [6.45, 7) is 0. The van der Waals surface area contributed by atoms with Crippen molar-refractivity contribution < 1.29 is 14.6 Å². The van der Waals surface area contributed by atoms with Crippen molar-refractivity contribution in [2.24, 2.45) is 0 Å². The lowest BCUT2D eigenvalue weighted by Crippen LogP contribution is -2.35. The zero-order chi connectivity index (χ0) is 13.9. The molecule has 0 aliphatic carbocycles. The van der Waals surface area contributed by atoms with E-state index in [1.165, 1.54) is 7.11 Å². The molecule has 2 rings (SSSR count). The maximum atomic E-state index is 11.4. The van der Waals surface area contributed by atoms with E-state index < -0.39 is 14.1 Å². The normalized spacial score (nSPS) is 34.3. The first-order valence-electron chi connectivity index (χ1n) is 6.28. The second-order valence-electron chi connectivity index (χ2n) is 4.97. The minimum atomic E-state index is -1.15. The highest BCUT2D eigenvalue weighted by atomic mass is 79.9. The highest BCUT2D eigenvalue weighted by Crippen LogP contribution is 2.61. The van der Waals surface area contributed by atoms with Gasteiger partial charge in [-0.3, -0.25) is 4.79 Å². The number of halogens is 1. The minimum absolute atomic E-state index is 0.169. The summed E-state index contributed by atoms with van der Waals surface area (Å²) in [5, 5.41) is 10.7. The third-order valence-electron chi connectivity index (χ3n) is 3.68. The molecule has 19 heavy (non-hydrogen) atoms. The summed E-state index contributed by atoms with van der Waals surface area (Å²) in [6.07, 6.45) is 1.38. The number of carbonyl (C=O) groups is 1. The van der Waals surface area contributed by atoms with Gasteiger partial charge in [-0.1, -0.05) is 30.3 Å². The van der Waals surface area contributed by atoms with Crippen molar-refractivity contribution in [3.05, 3.63) is 35.9 Å². The summed E-state index contributed by atoms with van der Waals surface area (Å²) < 4.78 is 4.74. The largest absolute Gasteiger partial charge is 0.468 e. The molecule has 106 valence electrons. The van der Waals surface area contributed by atoms with Crippen molar-refractivity contribution in [2.45, 2.75) is 18.4 Å². The molecule has 0 bridgehead atoms. The lowest BCUT2D eigenvalue weighted by Gasteiger charge is -2.43. The Morgan fingerprint density at radius 3 is 2.47 bits per heavy atom. The van der Waals surface area contributed by atoms with E-state index in [1.54, 1.807) is 0 Å². The maximum Gasteiger partial charge on any atom is 0.314 e. The van der Waals surface area contributed by atoms with Crippen LogP contribution >= 0.6 is 23.3 Å². The third-order valence-corrected chi connectivity index (χ3v) is 8.93. The van der Waals surface area contributed by atoms with E-state index >= 15 is 0 Å². The summed E-state index contributed by atoms with van der Waals surface area (Å²) in [7, 11) is 0.265. The predicted octanol–water partition coefficient (Wildman–Crippen LogP) is 2.96. The average molecular weight is 347 g/mol. The first-order chi connectivity index (χ1) is 8.97. The number of hydrogen-bond donors (Lipinski definition) is 1. The average Bonchev–Trinajstić information content (AvgIpc) is 2.43. The van der Waals surface area contributed by atoms with Gasteiger partial charge >= 0.3 is 5.97 Å². The van der Waals surface area contributed by atoms with Gasteiger partial charge in [0, 0.05) is 0 Å². The fourth-order valence-corrected chi connectivity index (χ4v) is 6.35. The molecule has 1 N–H and O–H groups in total. The SMILES string of the molecule is COC(=O)CS1(Br)CCC(O)(c2ccccc2)CC1. The zero-order valence-electron chi connectivity index (χ0n) is 11.0. The number of benzene rings is 1. The molecule has 1 saturated heterocycles. The molecule has 3 nitrogen and oxygen atoms in total. The van der Waals surface area contributed by atoms with E-state index in [0.29, 0.717) is 18.6 Å². The Bertz CT molecular complexity index is 441. The Morgan fingerprint density at radius 2 is 1.95 bits per heavy atom. The number of carbonyl (C=O) groups excluding carboxylic acids is 1. The minimum Gasteiger partial charge on any atom is -0.468 e. The Balaban J connectivity index is 2.04. The van der Waals surface area contributed by atoms with Crippen molar-refractivity contribution in [3.63, 3.8) is 0 Å². The van der Waals surface area contributed by atoms with Crippen LogP contribution in [0.25, 0.3) is 0 Å². The molecule has 0 amide bonds. The van der Waals surface area contributed by atoms with E-state index in [4.69, 9.17) is 4.74 Å². The molecule has 1 aromatic carbocycles. The summed E-state index contributed by atoms with van der Waals surface area (Å²) in [6, 6.07) is 9.79. The Kier molecular flexibility index (Phi) is 4.58. The van der Waals surface area contributed by atoms with Crippen LogP contribution in [0.15, 0.2) is 30.3 Å². The molecule has 1 aliphatic rings. The van der Waals surface area contributed by atoms with Crippen molar-refractivity contribution in [1.82, 2.24) is 0 Å². The van der Waals surface area contributed by atoms with E-state index in [-0.39, 0.29) is 5.97 Å². The van der Waals surface area contributed by atoms with Crippen LogP contribution in [-0.2, 0) is 15.1 Å². The summed E-state index contributed by atoms with van der Waals surface area (Å²) in [5.74, 6) is 1.95. The van der Waals surface area contributed by atoms with Gasteiger partial charge in [0.1, 0.15) is 0 Å². The van der Waals surface area contributed by atoms with Crippen LogP contribution in [0.4, 0.5) is 0 Å². The molecule has 1 heterocycles. The first kappa shape index (κ1) is 14.9. The van der Waals surface area contributed by atoms with Gasteiger partial charge in [0.05, 0.1) is 18.5 Å². The van der Waals surface area contributed by atoms with Gasteiger partial charge in [-0.05, 0) is 44.7 Å². The highest BCUT2D eigenvalue weighted by Gasteiger charge is 2.39. The molecule has 1 aliphatic heterocycles. The first-order valence-corrected chi connectivity index (χ1v) is 10.3. The van der Waals surface area contributed by atoms with Gasteiger partial charge < -0.3 is 9.84 Å². The number of rotatable bonds is 3. The van der Waals surface area contributed by atoms with Crippen LogP contribution in [-0.4, -0.2) is 35.4 Å². The summed E-state index contributed by atoms with van der Waals surface area (Å²) in [4.78, 5) is 11.4. The fourth-order valence-electron chi connectivity index (χ4n) is 2.38. The van der Waals surface area contributed by atoms with Crippen LogP contribution in [0.5, 0.6) is 0 Å². The quantitative estimate of drug-likeness (QED) is 0.856. The molecule has 0 radical (unpaired) electrons. The zero-order valence-corrected chi connectivity index (χ0v) is 13.4. The summed E-state index contributed by atoms with van der Waals surface area (Å²) in [5.41, 5.74) is 0.226. The smallest absolute Gasteiger partial charge is 0.314 e. The van der Waals surface area contributed by atoms with E-state index in [0.717, 1.165) is 17.1 Å². The number of hydrogen-bond acceptors (Lipinski definition) is 3. The molecule has 0 saturated carbocycles. The lowest BCUT2D eigenvalue weighted by atomic mass is 9.88. The van der Waals surface area contributed by atoms with Gasteiger partial charge in [-0.25, -0.2) is 0 Å². The molecular formula is C14H19BrO3S. The van der Waals surface area contributed by atoms with Crippen molar-refractivity contribution >= 4 is 29.2 Å². The lowest BCUT2D eigenvalue weighted by molar-refractivity contribution is -0.137. The van der Waals surface area contributed by atoms with Crippen LogP contribution < -0.4 is 0 Å². The molecular weight excluding hydrogens is 328 g/mol. The molecule has 0 aromatic heterocycles. The van der Waals surface area contributed by atoms with E-state index in [1.807, 2.05) is 30.3 Å². The van der Waals surface area contributed by atoms with Gasteiger partial charge in [0.25, 0.3) is 0 Å². The van der Waals surface area contributed by atoms with Gasteiger partial charge in [-0.15, -0.1) is 0 Å². The maximum absolute atomic E-state index is 11.4. The topological polar surface area (TPSA) is 46.5 Å². The van der Waals surface area contributed by atoms with Crippen molar-refractivity contribution in [2.75, 3.05) is 24.4 Å². The van der Waals surface area contributed by atoms with Crippen molar-refractivity contribution in [3.8, 4) is 0 Å². The molecule has 0 unspecified atom stereocenters. The Morgan fingerprint density at radius 1 is 1.37 bits per heavy atom. The standard InChI is InChI=1S/C14H19BrO3S/c1-18-13(16)11-19(15)9-7-14(17,8-10-19)12-5-3-2-4-6-12/h2-6,17H,7-11H2,1H3. The second kappa shape index (κ2) is 5.85. The van der Waals surface area contributed by atoms with Gasteiger partial charge in [-0.2, -0.15) is 8.46 Å². The number of aliphatic hydroxyl groups is 1. The number of methoxy groups -OCH3 is 1. The number of esters is 1. The molecule has 1 fully saturated rings. The van der Waals surface area contributed by atoms with Gasteiger partial charge in [0.15, 0.2) is 0 Å². The van der Waals surface area contributed by atoms with Crippen LogP contribution in [0.1, 0.15) is 18.4 Å². The number of ether oxygens (including phenoxy) is 1. The second-order valence-corrected chi connectivity index (χ2v) is 12.1.